The molecule has 3 rings (SSSR count). The molecule has 0 radical (unpaired) electrons. The number of hydrogen-bond donors (Lipinski definition) is 2. The van der Waals surface area contributed by atoms with Crippen LogP contribution in [-0.4, -0.2) is 43.3 Å². The summed E-state index contributed by atoms with van der Waals surface area (Å²) in [6.07, 6.45) is -0.104. The zero-order valence-electron chi connectivity index (χ0n) is 15.9. The van der Waals surface area contributed by atoms with Gasteiger partial charge in [-0.05, 0) is 54.2 Å². The maximum absolute atomic E-state index is 13.2. The van der Waals surface area contributed by atoms with Crippen LogP contribution in [0.15, 0.2) is 53.4 Å². The molecule has 0 spiro atoms. The molecule has 30 heavy (non-hydrogen) atoms. The van der Waals surface area contributed by atoms with Crippen LogP contribution in [0.4, 0.5) is 10.1 Å². The van der Waals surface area contributed by atoms with Gasteiger partial charge in [0.1, 0.15) is 11.9 Å². The van der Waals surface area contributed by atoms with E-state index in [0.29, 0.717) is 5.56 Å². The Morgan fingerprint density at radius 2 is 1.80 bits per heavy atom. The third-order valence-corrected chi connectivity index (χ3v) is 6.03. The predicted octanol–water partition coefficient (Wildman–Crippen LogP) is 1.11. The normalized spacial score (nSPS) is 16.6. The molecule has 1 aliphatic heterocycles. The van der Waals surface area contributed by atoms with Gasteiger partial charge in [-0.2, -0.15) is 0 Å². The molecule has 1 aliphatic rings. The molecule has 0 aliphatic carbocycles. The lowest BCUT2D eigenvalue weighted by atomic mass is 10.1. The number of anilines is 1. The summed E-state index contributed by atoms with van der Waals surface area (Å²) in [4.78, 5) is 28.1. The Morgan fingerprint density at radius 1 is 1.20 bits per heavy atom. The Labute approximate surface area is 178 Å². The largest absolute Gasteiger partial charge is 0.366 e. The van der Waals surface area contributed by atoms with E-state index in [0.717, 1.165) is 4.90 Å². The number of primary sulfonamides is 1. The van der Waals surface area contributed by atoms with Gasteiger partial charge in [-0.25, -0.2) is 22.8 Å². The average molecular weight is 451 g/mol. The van der Waals surface area contributed by atoms with Crippen molar-refractivity contribution in [2.75, 3.05) is 11.9 Å². The summed E-state index contributed by atoms with van der Waals surface area (Å²) in [5.74, 6) is -1.38. The number of halogens is 1. The fourth-order valence-corrected chi connectivity index (χ4v) is 3.88. The minimum Gasteiger partial charge on any atom is -0.366 e. The summed E-state index contributed by atoms with van der Waals surface area (Å²) in [5.41, 5.74) is 0.946. The molecule has 0 saturated carbocycles. The molecule has 0 bridgehead atoms. The second-order valence-electron chi connectivity index (χ2n) is 6.64. The fourth-order valence-electron chi connectivity index (χ4n) is 3.17. The smallest absolute Gasteiger partial charge is 0.257 e. The van der Waals surface area contributed by atoms with Gasteiger partial charge >= 0.3 is 0 Å². The summed E-state index contributed by atoms with van der Waals surface area (Å²) < 4.78 is 36.1. The van der Waals surface area contributed by atoms with Gasteiger partial charge in [0.25, 0.3) is 5.91 Å². The molecule has 1 atom stereocenters. The van der Waals surface area contributed by atoms with Gasteiger partial charge in [-0.1, -0.05) is 12.1 Å². The second kappa shape index (κ2) is 8.46. The van der Waals surface area contributed by atoms with Crippen LogP contribution in [-0.2, 0) is 26.2 Å². The van der Waals surface area contributed by atoms with Gasteiger partial charge < -0.3 is 10.2 Å². The fraction of sp³-hybridized carbons (Fsp3) is 0.211. The van der Waals surface area contributed by atoms with E-state index in [9.17, 15) is 22.4 Å². The highest BCUT2D eigenvalue weighted by atomic mass is 32.2. The number of amides is 2. The van der Waals surface area contributed by atoms with E-state index in [1.807, 2.05) is 0 Å². The standard InChI is InChI=1S/C19H19FN4O4S2/c1-22-19(29)23(11-12-2-8-15(9-3-12)30(21,27)28)16-10-17(25)24(18(16)26)14-6-4-13(20)5-7-14/h2-9,16H,10-11H2,1H3,(H,22,29)(H2,21,27,28). The molecule has 11 heteroatoms. The van der Waals surface area contributed by atoms with E-state index < -0.39 is 33.7 Å². The van der Waals surface area contributed by atoms with Crippen molar-refractivity contribution in [2.24, 2.45) is 5.14 Å². The summed E-state index contributed by atoms with van der Waals surface area (Å²) in [5, 5.41) is 8.16. The number of rotatable bonds is 5. The molecule has 2 aromatic carbocycles. The zero-order valence-corrected chi connectivity index (χ0v) is 17.5. The molecule has 3 N–H and O–H groups in total. The quantitative estimate of drug-likeness (QED) is 0.518. The van der Waals surface area contributed by atoms with Gasteiger partial charge in [0.2, 0.25) is 15.9 Å². The third-order valence-electron chi connectivity index (χ3n) is 4.66. The lowest BCUT2D eigenvalue weighted by Crippen LogP contribution is -2.48. The Hall–Kier alpha value is -2.89. The summed E-state index contributed by atoms with van der Waals surface area (Å²) >= 11 is 5.33. The third kappa shape index (κ3) is 4.48. The molecule has 8 nitrogen and oxygen atoms in total. The number of sulfonamides is 1. The van der Waals surface area contributed by atoms with Crippen LogP contribution < -0.4 is 15.4 Å². The van der Waals surface area contributed by atoms with Gasteiger partial charge in [0.05, 0.1) is 17.0 Å². The van der Waals surface area contributed by atoms with Crippen LogP contribution in [0.2, 0.25) is 0 Å². The van der Waals surface area contributed by atoms with Crippen molar-refractivity contribution in [1.82, 2.24) is 10.2 Å². The van der Waals surface area contributed by atoms with E-state index in [1.165, 1.54) is 36.4 Å². The highest BCUT2D eigenvalue weighted by Gasteiger charge is 2.43. The zero-order chi connectivity index (χ0) is 22.1. The number of benzene rings is 2. The number of carbonyl (C=O) groups excluding carboxylic acids is 2. The number of hydrogen-bond acceptors (Lipinski definition) is 5. The molecule has 158 valence electrons. The topological polar surface area (TPSA) is 113 Å². The summed E-state index contributed by atoms with van der Waals surface area (Å²) in [7, 11) is -2.23. The molecule has 1 unspecified atom stereocenters. The summed E-state index contributed by atoms with van der Waals surface area (Å²) in [6.45, 7) is 0.158. The van der Waals surface area contributed by atoms with Gasteiger partial charge in [0, 0.05) is 13.6 Å². The first-order chi connectivity index (χ1) is 14.1. The first-order valence-electron chi connectivity index (χ1n) is 8.84. The first-order valence-corrected chi connectivity index (χ1v) is 10.8. The highest BCUT2D eigenvalue weighted by molar-refractivity contribution is 7.89. The van der Waals surface area contributed by atoms with E-state index >= 15 is 0 Å². The molecule has 2 aromatic rings. The summed E-state index contributed by atoms with van der Waals surface area (Å²) in [6, 6.07) is 10.0. The Bertz CT molecular complexity index is 1090. The Balaban J connectivity index is 1.87. The van der Waals surface area contributed by atoms with Crippen molar-refractivity contribution in [2.45, 2.75) is 23.9 Å². The van der Waals surface area contributed by atoms with Crippen LogP contribution in [0.5, 0.6) is 0 Å². The van der Waals surface area contributed by atoms with Crippen molar-refractivity contribution >= 4 is 44.9 Å². The van der Waals surface area contributed by atoms with E-state index in [-0.39, 0.29) is 28.7 Å². The predicted molar refractivity (Wildman–Crippen MR) is 112 cm³/mol. The lowest BCUT2D eigenvalue weighted by Gasteiger charge is -2.29. The van der Waals surface area contributed by atoms with E-state index in [2.05, 4.69) is 5.32 Å². The molecular formula is C19H19FN4O4S2. The molecule has 1 heterocycles. The molecule has 1 fully saturated rings. The van der Waals surface area contributed by atoms with Crippen LogP contribution in [0.25, 0.3) is 0 Å². The van der Waals surface area contributed by atoms with Crippen molar-refractivity contribution in [3.8, 4) is 0 Å². The minimum absolute atomic E-state index is 0.0383. The highest BCUT2D eigenvalue weighted by Crippen LogP contribution is 2.27. The Morgan fingerprint density at radius 3 is 2.33 bits per heavy atom. The maximum Gasteiger partial charge on any atom is 0.257 e. The van der Waals surface area contributed by atoms with E-state index in [4.69, 9.17) is 17.4 Å². The molecule has 1 saturated heterocycles. The monoisotopic (exact) mass is 450 g/mol. The number of imide groups is 1. The number of nitrogens with one attached hydrogen (secondary N) is 1. The Kier molecular flexibility index (Phi) is 6.15. The average Bonchev–Trinajstić information content (AvgIpc) is 3.00. The SMILES string of the molecule is CNC(=S)N(Cc1ccc(S(N)(=O)=O)cc1)C1CC(=O)N(c2ccc(F)cc2)C1=O. The maximum atomic E-state index is 13.2. The number of thiocarbonyl (C=S) groups is 1. The van der Waals surface area contributed by atoms with Crippen LogP contribution in [0.1, 0.15) is 12.0 Å². The molecule has 2 amide bonds. The van der Waals surface area contributed by atoms with Crippen molar-refractivity contribution in [1.29, 1.82) is 0 Å². The number of nitrogens with zero attached hydrogens (tertiary/aromatic N) is 2. The van der Waals surface area contributed by atoms with Crippen molar-refractivity contribution in [3.63, 3.8) is 0 Å². The lowest BCUT2D eigenvalue weighted by molar-refractivity contribution is -0.122. The number of carbonyl (C=O) groups is 2. The van der Waals surface area contributed by atoms with Crippen molar-refractivity contribution < 1.29 is 22.4 Å². The minimum atomic E-state index is -3.83. The van der Waals surface area contributed by atoms with Crippen LogP contribution >= 0.6 is 12.2 Å². The number of nitrogens with two attached hydrogens (primary N) is 1. The van der Waals surface area contributed by atoms with Gasteiger partial charge in [-0.15, -0.1) is 0 Å². The second-order valence-corrected chi connectivity index (χ2v) is 8.58. The van der Waals surface area contributed by atoms with Gasteiger partial charge in [-0.3, -0.25) is 9.59 Å². The van der Waals surface area contributed by atoms with Crippen LogP contribution in [0, 0.1) is 5.82 Å². The van der Waals surface area contributed by atoms with Gasteiger partial charge in [0.15, 0.2) is 5.11 Å². The first kappa shape index (κ1) is 21.8. The van der Waals surface area contributed by atoms with Crippen LogP contribution in [0.3, 0.4) is 0 Å². The molecule has 0 aromatic heterocycles. The van der Waals surface area contributed by atoms with Crippen molar-refractivity contribution in [3.05, 3.63) is 59.9 Å². The van der Waals surface area contributed by atoms with E-state index in [1.54, 1.807) is 24.1 Å². The molecular weight excluding hydrogens is 431 g/mol.